The maximum Gasteiger partial charge on any atom is 0.337 e. The molecule has 11 heteroatoms. The second-order valence-corrected chi connectivity index (χ2v) is 9.52. The van der Waals surface area contributed by atoms with E-state index < -0.39 is 24.3 Å². The number of carbonyl (C=O) groups is 2. The van der Waals surface area contributed by atoms with E-state index in [9.17, 15) is 14.7 Å². The van der Waals surface area contributed by atoms with Crippen LogP contribution in [-0.4, -0.2) is 57.0 Å². The summed E-state index contributed by atoms with van der Waals surface area (Å²) in [7, 11) is 2.93. The third-order valence-electron chi connectivity index (χ3n) is 6.34. The molecule has 0 saturated carbocycles. The predicted octanol–water partition coefficient (Wildman–Crippen LogP) is 3.65. The average molecular weight is 555 g/mol. The van der Waals surface area contributed by atoms with E-state index in [4.69, 9.17) is 18.9 Å². The van der Waals surface area contributed by atoms with Crippen molar-refractivity contribution in [2.45, 2.75) is 52.8 Å². The molecule has 2 amide bonds. The van der Waals surface area contributed by atoms with E-state index >= 15 is 0 Å². The fourth-order valence-corrected chi connectivity index (χ4v) is 4.30. The molecule has 1 aliphatic heterocycles. The molecule has 0 aliphatic carbocycles. The number of ether oxygens (including phenoxy) is 4. The van der Waals surface area contributed by atoms with Gasteiger partial charge >= 0.3 is 12.0 Å². The zero-order valence-corrected chi connectivity index (χ0v) is 24.0. The zero-order chi connectivity index (χ0) is 29.4. The predicted molar refractivity (Wildman–Crippen MR) is 151 cm³/mol. The minimum Gasteiger partial charge on any atom is -0.496 e. The first-order valence-corrected chi connectivity index (χ1v) is 13.0. The van der Waals surface area contributed by atoms with Crippen LogP contribution in [0.1, 0.15) is 61.9 Å². The van der Waals surface area contributed by atoms with Crippen LogP contribution in [0, 0.1) is 6.92 Å². The Kier molecular flexibility index (Phi) is 10.4. The molecule has 0 spiro atoms. The molecule has 0 fully saturated rings. The molecule has 0 radical (unpaired) electrons. The fraction of sp³-hybridized carbons (Fsp3) is 0.414. The van der Waals surface area contributed by atoms with Crippen molar-refractivity contribution < 1.29 is 33.6 Å². The SMILES string of the molecule is CCOc1cc([C@H]2NC(=O)NC(C)=C2C(=O)OC)ccc1OC[C@@H](O)N/N=C\c1cc(C(C)C)c(OC)cc1C. The normalized spacial score (nSPS) is 15.9. The lowest BCUT2D eigenvalue weighted by Gasteiger charge is -2.28. The average Bonchev–Trinajstić information content (AvgIpc) is 2.92. The number of hydrogen-bond donors (Lipinski definition) is 4. The number of carbonyl (C=O) groups excluding carboxylic acids is 2. The van der Waals surface area contributed by atoms with Gasteiger partial charge in [0.15, 0.2) is 17.7 Å². The van der Waals surface area contributed by atoms with E-state index in [0.717, 1.165) is 22.4 Å². The number of aryl methyl sites for hydroxylation is 1. The van der Waals surface area contributed by atoms with Gasteiger partial charge in [0.05, 0.1) is 38.7 Å². The van der Waals surface area contributed by atoms with Gasteiger partial charge in [-0.15, -0.1) is 0 Å². The topological polar surface area (TPSA) is 140 Å². The Morgan fingerprint density at radius 1 is 1.12 bits per heavy atom. The summed E-state index contributed by atoms with van der Waals surface area (Å²) in [5.74, 6) is 1.31. The Hall–Kier alpha value is -4.25. The van der Waals surface area contributed by atoms with Gasteiger partial charge in [-0.05, 0) is 73.2 Å². The molecule has 216 valence electrons. The lowest BCUT2D eigenvalue weighted by Crippen LogP contribution is -2.45. The number of aliphatic hydroxyl groups is 1. The van der Waals surface area contributed by atoms with Gasteiger partial charge in [-0.2, -0.15) is 5.10 Å². The summed E-state index contributed by atoms with van der Waals surface area (Å²) >= 11 is 0. The Morgan fingerprint density at radius 2 is 1.88 bits per heavy atom. The number of hydrogen-bond acceptors (Lipinski definition) is 9. The number of aliphatic hydroxyl groups excluding tert-OH is 1. The van der Waals surface area contributed by atoms with Crippen molar-refractivity contribution in [3.63, 3.8) is 0 Å². The van der Waals surface area contributed by atoms with Gasteiger partial charge in [0.25, 0.3) is 0 Å². The van der Waals surface area contributed by atoms with Gasteiger partial charge < -0.3 is 34.7 Å². The summed E-state index contributed by atoms with van der Waals surface area (Å²) in [6.45, 7) is 9.84. The van der Waals surface area contributed by atoms with Gasteiger partial charge in [-0.3, -0.25) is 5.43 Å². The Bertz CT molecular complexity index is 1290. The summed E-state index contributed by atoms with van der Waals surface area (Å²) in [5, 5.41) is 19.9. The highest BCUT2D eigenvalue weighted by molar-refractivity contribution is 5.95. The van der Waals surface area contributed by atoms with Crippen LogP contribution in [0.15, 0.2) is 46.7 Å². The van der Waals surface area contributed by atoms with E-state index in [1.807, 2.05) is 26.0 Å². The highest BCUT2D eigenvalue weighted by Crippen LogP contribution is 2.35. The van der Waals surface area contributed by atoms with Crippen molar-refractivity contribution in [1.82, 2.24) is 16.1 Å². The molecule has 0 bridgehead atoms. The van der Waals surface area contributed by atoms with Crippen LogP contribution in [-0.2, 0) is 9.53 Å². The highest BCUT2D eigenvalue weighted by atomic mass is 16.5. The van der Waals surface area contributed by atoms with Crippen molar-refractivity contribution in [2.75, 3.05) is 27.4 Å². The number of hydrazone groups is 1. The third kappa shape index (κ3) is 7.23. The first-order valence-electron chi connectivity index (χ1n) is 13.0. The van der Waals surface area contributed by atoms with E-state index in [0.29, 0.717) is 29.4 Å². The molecule has 2 aromatic carbocycles. The summed E-state index contributed by atoms with van der Waals surface area (Å²) in [5.41, 5.74) is 6.92. The number of nitrogens with zero attached hydrogens (tertiary/aromatic N) is 1. The standard InChI is InChI=1S/C29H38N4O7/c1-8-39-24-13-19(27-26(28(35)38-7)18(5)31-29(36)32-27)9-10-22(24)40-15-25(34)33-30-14-20-12-21(16(2)3)23(37-6)11-17(20)4/h9-14,16,25,27,33-34H,8,15H2,1-7H3,(H2,31,32,36)/b30-14-/t25-,27-/m1/s1. The number of amides is 2. The third-order valence-corrected chi connectivity index (χ3v) is 6.34. The first-order chi connectivity index (χ1) is 19.1. The van der Waals surface area contributed by atoms with E-state index in [1.54, 1.807) is 38.4 Å². The highest BCUT2D eigenvalue weighted by Gasteiger charge is 2.32. The maximum absolute atomic E-state index is 12.4. The lowest BCUT2D eigenvalue weighted by molar-refractivity contribution is -0.136. The number of rotatable bonds is 12. The molecular weight excluding hydrogens is 516 g/mol. The number of benzene rings is 2. The number of allylic oxidation sites excluding steroid dienone is 1. The molecule has 0 saturated heterocycles. The van der Waals surface area contributed by atoms with Crippen LogP contribution in [0.25, 0.3) is 0 Å². The monoisotopic (exact) mass is 554 g/mol. The molecule has 2 atom stereocenters. The number of nitrogens with one attached hydrogen (secondary N) is 3. The molecule has 3 rings (SSSR count). The zero-order valence-electron chi connectivity index (χ0n) is 24.0. The molecule has 0 unspecified atom stereocenters. The molecule has 2 aromatic rings. The summed E-state index contributed by atoms with van der Waals surface area (Å²) in [4.78, 5) is 24.5. The van der Waals surface area contributed by atoms with Crippen LogP contribution >= 0.6 is 0 Å². The molecule has 1 aliphatic rings. The summed E-state index contributed by atoms with van der Waals surface area (Å²) in [6.07, 6.45) is 0.542. The number of esters is 1. The van der Waals surface area contributed by atoms with E-state index in [-0.39, 0.29) is 18.1 Å². The Morgan fingerprint density at radius 3 is 2.52 bits per heavy atom. The Labute approximate surface area is 234 Å². The second kappa shape index (κ2) is 13.7. The van der Waals surface area contributed by atoms with Crippen LogP contribution < -0.4 is 30.3 Å². The lowest BCUT2D eigenvalue weighted by atomic mass is 9.95. The van der Waals surface area contributed by atoms with Crippen LogP contribution in [0.4, 0.5) is 4.79 Å². The van der Waals surface area contributed by atoms with Crippen molar-refractivity contribution in [3.05, 3.63) is 63.9 Å². The van der Waals surface area contributed by atoms with Gasteiger partial charge in [0.2, 0.25) is 0 Å². The van der Waals surface area contributed by atoms with Crippen molar-refractivity contribution in [1.29, 1.82) is 0 Å². The number of methoxy groups -OCH3 is 2. The van der Waals surface area contributed by atoms with E-state index in [2.05, 4.69) is 35.0 Å². The van der Waals surface area contributed by atoms with Crippen molar-refractivity contribution >= 4 is 18.2 Å². The molecule has 40 heavy (non-hydrogen) atoms. The quantitative estimate of drug-likeness (QED) is 0.135. The van der Waals surface area contributed by atoms with Gasteiger partial charge in [0, 0.05) is 5.70 Å². The molecule has 0 aromatic heterocycles. The van der Waals surface area contributed by atoms with E-state index in [1.165, 1.54) is 7.11 Å². The van der Waals surface area contributed by atoms with Crippen LogP contribution in [0.5, 0.6) is 17.2 Å². The van der Waals surface area contributed by atoms with Gasteiger partial charge in [0.1, 0.15) is 12.4 Å². The smallest absolute Gasteiger partial charge is 0.337 e. The van der Waals surface area contributed by atoms with Gasteiger partial charge in [-0.25, -0.2) is 9.59 Å². The molecular formula is C29H38N4O7. The van der Waals surface area contributed by atoms with Crippen LogP contribution in [0.2, 0.25) is 0 Å². The summed E-state index contributed by atoms with van der Waals surface area (Å²) < 4.78 is 22.0. The minimum absolute atomic E-state index is 0.119. The first kappa shape index (κ1) is 30.3. The molecule has 4 N–H and O–H groups in total. The fourth-order valence-electron chi connectivity index (χ4n) is 4.30. The Balaban J connectivity index is 1.71. The van der Waals surface area contributed by atoms with Crippen molar-refractivity contribution in [3.8, 4) is 17.2 Å². The largest absolute Gasteiger partial charge is 0.496 e. The molecule has 11 nitrogen and oxygen atoms in total. The second-order valence-electron chi connectivity index (χ2n) is 9.52. The number of urea groups is 1. The van der Waals surface area contributed by atoms with Crippen molar-refractivity contribution in [2.24, 2.45) is 5.10 Å². The van der Waals surface area contributed by atoms with Gasteiger partial charge in [-0.1, -0.05) is 19.9 Å². The maximum atomic E-state index is 12.4. The van der Waals surface area contributed by atoms with Crippen LogP contribution in [0.3, 0.4) is 0 Å². The summed E-state index contributed by atoms with van der Waals surface area (Å²) in [6, 6.07) is 7.86. The minimum atomic E-state index is -1.10. The molecule has 1 heterocycles.